The van der Waals surface area contributed by atoms with E-state index >= 15 is 0 Å². The number of morpholine rings is 1. The Morgan fingerprint density at radius 3 is 2.73 bits per heavy atom. The van der Waals surface area contributed by atoms with Gasteiger partial charge in [-0.25, -0.2) is 0 Å². The van der Waals surface area contributed by atoms with Crippen molar-refractivity contribution in [2.45, 2.75) is 26.4 Å². The first-order valence-corrected chi connectivity index (χ1v) is 10.3. The fraction of sp³-hybridized carbons (Fsp3) is 0.545. The summed E-state index contributed by atoms with van der Waals surface area (Å²) in [5.74, 6) is 2.38. The van der Waals surface area contributed by atoms with Crippen LogP contribution in [-0.2, 0) is 18.2 Å². The van der Waals surface area contributed by atoms with Gasteiger partial charge in [0.05, 0.1) is 26.0 Å². The van der Waals surface area contributed by atoms with Gasteiger partial charge in [-0.15, -0.1) is 24.0 Å². The van der Waals surface area contributed by atoms with E-state index in [0.29, 0.717) is 12.5 Å². The first kappa shape index (κ1) is 24.5. The van der Waals surface area contributed by atoms with Crippen molar-refractivity contribution in [2.75, 3.05) is 39.9 Å². The maximum Gasteiger partial charge on any atom is 0.193 e. The van der Waals surface area contributed by atoms with E-state index in [-0.39, 0.29) is 30.1 Å². The molecule has 1 fully saturated rings. The second-order valence-electron chi connectivity index (χ2n) is 7.83. The van der Waals surface area contributed by atoms with Crippen LogP contribution in [0.4, 0.5) is 0 Å². The minimum atomic E-state index is 0. The number of ether oxygens (including phenoxy) is 2. The van der Waals surface area contributed by atoms with Crippen molar-refractivity contribution in [2.24, 2.45) is 18.0 Å². The molecule has 2 heterocycles. The van der Waals surface area contributed by atoms with E-state index in [2.05, 4.69) is 46.3 Å². The molecule has 1 atom stereocenters. The van der Waals surface area contributed by atoms with Crippen LogP contribution in [0.1, 0.15) is 31.1 Å². The number of aromatic nitrogens is 2. The first-order valence-electron chi connectivity index (χ1n) is 10.3. The van der Waals surface area contributed by atoms with E-state index in [9.17, 15) is 0 Å². The van der Waals surface area contributed by atoms with Gasteiger partial charge in [0, 0.05) is 38.9 Å². The third-order valence-corrected chi connectivity index (χ3v) is 4.88. The number of hydrogen-bond donors (Lipinski definition) is 1. The molecule has 2 aromatic rings. The van der Waals surface area contributed by atoms with E-state index in [4.69, 9.17) is 9.47 Å². The first-order chi connectivity index (χ1) is 14.0. The number of benzene rings is 1. The summed E-state index contributed by atoms with van der Waals surface area (Å²) in [6, 6.07) is 8.36. The number of nitrogens with one attached hydrogen (secondary N) is 1. The number of hydrogen-bond acceptors (Lipinski definition) is 4. The molecule has 0 saturated carbocycles. The molecule has 1 unspecified atom stereocenters. The number of aliphatic imine (C=N–C) groups is 1. The van der Waals surface area contributed by atoms with Gasteiger partial charge < -0.3 is 19.7 Å². The van der Waals surface area contributed by atoms with Crippen LogP contribution in [0.2, 0.25) is 0 Å². The summed E-state index contributed by atoms with van der Waals surface area (Å²) < 4.78 is 13.5. The summed E-state index contributed by atoms with van der Waals surface area (Å²) in [5.41, 5.74) is 2.38. The summed E-state index contributed by atoms with van der Waals surface area (Å²) in [4.78, 5) is 6.72. The average Bonchev–Trinajstić information content (AvgIpc) is 3.17. The Balaban J connectivity index is 0.00000320. The molecule has 8 heteroatoms. The third-order valence-electron chi connectivity index (χ3n) is 4.88. The fourth-order valence-corrected chi connectivity index (χ4v) is 3.32. The molecule has 0 bridgehead atoms. The fourth-order valence-electron chi connectivity index (χ4n) is 3.32. The van der Waals surface area contributed by atoms with Crippen LogP contribution in [0.3, 0.4) is 0 Å². The maximum atomic E-state index is 5.93. The second-order valence-corrected chi connectivity index (χ2v) is 7.83. The molecule has 0 aliphatic carbocycles. The zero-order valence-electron chi connectivity index (χ0n) is 18.4. The minimum absolute atomic E-state index is 0. The Morgan fingerprint density at radius 1 is 1.33 bits per heavy atom. The zero-order valence-corrected chi connectivity index (χ0v) is 20.7. The van der Waals surface area contributed by atoms with E-state index in [1.165, 1.54) is 5.56 Å². The predicted octanol–water partition coefficient (Wildman–Crippen LogP) is 3.26. The average molecular weight is 527 g/mol. The number of aryl methyl sites for hydroxylation is 1. The van der Waals surface area contributed by atoms with Crippen molar-refractivity contribution in [1.29, 1.82) is 0 Å². The van der Waals surface area contributed by atoms with Gasteiger partial charge in [-0.2, -0.15) is 5.10 Å². The van der Waals surface area contributed by atoms with E-state index in [1.54, 1.807) is 0 Å². The third kappa shape index (κ3) is 7.16. The number of rotatable bonds is 7. The highest BCUT2D eigenvalue weighted by atomic mass is 127. The zero-order chi connectivity index (χ0) is 20.6. The molecule has 1 aromatic heterocycles. The van der Waals surface area contributed by atoms with E-state index in [1.807, 2.05) is 43.3 Å². The maximum absolute atomic E-state index is 5.93. The lowest BCUT2D eigenvalue weighted by atomic mass is 10.1. The van der Waals surface area contributed by atoms with Crippen molar-refractivity contribution in [3.63, 3.8) is 0 Å². The van der Waals surface area contributed by atoms with Gasteiger partial charge in [0.25, 0.3) is 0 Å². The molecule has 1 aliphatic rings. The van der Waals surface area contributed by atoms with Crippen LogP contribution in [0, 0.1) is 5.92 Å². The predicted molar refractivity (Wildman–Crippen MR) is 131 cm³/mol. The molecule has 1 aromatic carbocycles. The summed E-state index contributed by atoms with van der Waals surface area (Å²) in [7, 11) is 3.76. The molecule has 3 rings (SSSR count). The van der Waals surface area contributed by atoms with Gasteiger partial charge in [0.15, 0.2) is 5.96 Å². The SMILES string of the molecule is CN=C(NCCc1ccc(OCC(C)C)cc1)N1CCOC(c2cnn(C)c2)C1.I. The van der Waals surface area contributed by atoms with E-state index in [0.717, 1.165) is 49.9 Å². The van der Waals surface area contributed by atoms with Gasteiger partial charge in [0.2, 0.25) is 0 Å². The highest BCUT2D eigenvalue weighted by Gasteiger charge is 2.25. The summed E-state index contributed by atoms with van der Waals surface area (Å²) in [5, 5.41) is 7.74. The number of guanidine groups is 1. The highest BCUT2D eigenvalue weighted by Crippen LogP contribution is 2.21. The lowest BCUT2D eigenvalue weighted by Gasteiger charge is -2.34. The molecule has 0 spiro atoms. The van der Waals surface area contributed by atoms with E-state index < -0.39 is 0 Å². The van der Waals surface area contributed by atoms with Crippen LogP contribution >= 0.6 is 24.0 Å². The summed E-state index contributed by atoms with van der Waals surface area (Å²) >= 11 is 0. The monoisotopic (exact) mass is 527 g/mol. The van der Waals surface area contributed by atoms with Gasteiger partial charge >= 0.3 is 0 Å². The summed E-state index contributed by atoms with van der Waals surface area (Å²) in [6.07, 6.45) is 4.84. The molecule has 1 saturated heterocycles. The van der Waals surface area contributed by atoms with Crippen LogP contribution in [0.25, 0.3) is 0 Å². The largest absolute Gasteiger partial charge is 0.493 e. The van der Waals surface area contributed by atoms with Crippen molar-refractivity contribution in [1.82, 2.24) is 20.0 Å². The molecule has 0 amide bonds. The Morgan fingerprint density at radius 2 is 2.10 bits per heavy atom. The highest BCUT2D eigenvalue weighted by molar-refractivity contribution is 14.0. The van der Waals surface area contributed by atoms with Gasteiger partial charge in [-0.05, 0) is 30.0 Å². The Bertz CT molecular complexity index is 791. The lowest BCUT2D eigenvalue weighted by molar-refractivity contribution is -0.00800. The topological polar surface area (TPSA) is 63.9 Å². The van der Waals surface area contributed by atoms with Crippen molar-refractivity contribution in [3.8, 4) is 5.75 Å². The van der Waals surface area contributed by atoms with Crippen LogP contribution in [0.5, 0.6) is 5.75 Å². The molecular formula is C22H34IN5O2. The molecule has 1 aliphatic heterocycles. The number of nitrogens with zero attached hydrogens (tertiary/aromatic N) is 4. The summed E-state index contributed by atoms with van der Waals surface area (Å²) in [6.45, 7) is 8.16. The standard InChI is InChI=1S/C22H33N5O2.HI/c1-17(2)16-29-20-7-5-18(6-8-20)9-10-24-22(23-3)27-11-12-28-21(15-27)19-13-25-26(4)14-19;/h5-8,13-14,17,21H,9-12,15-16H2,1-4H3,(H,23,24);1H. The van der Waals surface area contributed by atoms with Gasteiger partial charge in [0.1, 0.15) is 11.9 Å². The molecule has 166 valence electrons. The Hall–Kier alpha value is -1.81. The molecule has 0 radical (unpaired) electrons. The van der Waals surface area contributed by atoms with Gasteiger partial charge in [-0.3, -0.25) is 9.67 Å². The molecule has 7 nitrogen and oxygen atoms in total. The Kier molecular flexibility index (Phi) is 9.90. The quantitative estimate of drug-likeness (QED) is 0.340. The van der Waals surface area contributed by atoms with Crippen LogP contribution in [0.15, 0.2) is 41.7 Å². The normalized spacial score (nSPS) is 17.0. The van der Waals surface area contributed by atoms with Gasteiger partial charge in [-0.1, -0.05) is 26.0 Å². The number of halogens is 1. The second kappa shape index (κ2) is 12.1. The molecule has 30 heavy (non-hydrogen) atoms. The lowest BCUT2D eigenvalue weighted by Crippen LogP contribution is -2.48. The van der Waals surface area contributed by atoms with Crippen molar-refractivity contribution in [3.05, 3.63) is 47.8 Å². The molecule has 1 N–H and O–H groups in total. The Labute approximate surface area is 196 Å². The smallest absolute Gasteiger partial charge is 0.193 e. The van der Waals surface area contributed by atoms with Crippen molar-refractivity contribution >= 4 is 29.9 Å². The minimum Gasteiger partial charge on any atom is -0.493 e. The molecular weight excluding hydrogens is 493 g/mol. The van der Waals surface area contributed by atoms with Crippen LogP contribution < -0.4 is 10.1 Å². The van der Waals surface area contributed by atoms with Crippen LogP contribution in [-0.4, -0.2) is 60.5 Å². The van der Waals surface area contributed by atoms with Crippen molar-refractivity contribution < 1.29 is 9.47 Å².